The molecule has 0 aliphatic carbocycles. The molecule has 0 fully saturated rings. The summed E-state index contributed by atoms with van der Waals surface area (Å²) in [7, 11) is -2.73. The quantitative estimate of drug-likeness (QED) is 0.124. The van der Waals surface area contributed by atoms with E-state index in [4.69, 9.17) is 9.15 Å². The topological polar surface area (TPSA) is 27.3 Å². The minimum atomic E-state index is -2.73. The van der Waals surface area contributed by atoms with Crippen molar-refractivity contribution in [3.8, 4) is 28.3 Å². The average Bonchev–Trinajstić information content (AvgIpc) is 3.86. The van der Waals surface area contributed by atoms with E-state index in [0.29, 0.717) is 0 Å². The molecule has 4 heteroatoms. The molecule has 0 unspecified atom stereocenters. The van der Waals surface area contributed by atoms with Crippen LogP contribution in [0.5, 0.6) is 11.5 Å². The number of hydrogen-bond acceptors (Lipinski definition) is 2. The molecule has 0 radical (unpaired) electrons. The van der Waals surface area contributed by atoms with Crippen molar-refractivity contribution in [1.29, 1.82) is 0 Å². The highest BCUT2D eigenvalue weighted by Gasteiger charge is 2.42. The molecule has 0 bridgehead atoms. The number of fused-ring (bicyclic) bond motifs is 8. The highest BCUT2D eigenvalue weighted by Crippen LogP contribution is 2.52. The number of benzene rings is 9. The third-order valence-corrected chi connectivity index (χ3v) is 18.0. The van der Waals surface area contributed by atoms with Crippen LogP contribution in [0.2, 0.25) is 0 Å². The second-order valence-corrected chi connectivity index (χ2v) is 20.6. The van der Waals surface area contributed by atoms with Crippen molar-refractivity contribution >= 4 is 72.6 Å². The van der Waals surface area contributed by atoms with Gasteiger partial charge in [0.15, 0.2) is 8.07 Å². The summed E-state index contributed by atoms with van der Waals surface area (Å²) < 4.78 is 16.0. The summed E-state index contributed by atoms with van der Waals surface area (Å²) in [6.07, 6.45) is 0. The third kappa shape index (κ3) is 5.22. The number of aromatic nitrogens is 1. The minimum absolute atomic E-state index is 0.214. The number of hydrogen-bond donors (Lipinski definition) is 0. The fourth-order valence-electron chi connectivity index (χ4n) is 10.4. The van der Waals surface area contributed by atoms with E-state index in [2.05, 4.69) is 225 Å². The van der Waals surface area contributed by atoms with Crippen molar-refractivity contribution in [2.45, 2.75) is 19.3 Å². The number of furan rings is 1. The molecule has 0 saturated carbocycles. The number of ether oxygens (including phenoxy) is 1. The number of para-hydroxylation sites is 4. The van der Waals surface area contributed by atoms with Gasteiger partial charge < -0.3 is 13.7 Å². The first kappa shape index (κ1) is 35.5. The summed E-state index contributed by atoms with van der Waals surface area (Å²) in [5, 5.41) is 10.1. The van der Waals surface area contributed by atoms with Gasteiger partial charge in [-0.1, -0.05) is 190 Å². The summed E-state index contributed by atoms with van der Waals surface area (Å²) in [6.45, 7) is 4.56. The Morgan fingerprint density at radius 1 is 0.426 bits per heavy atom. The van der Waals surface area contributed by atoms with E-state index in [0.717, 1.165) is 50.3 Å². The van der Waals surface area contributed by atoms with Crippen molar-refractivity contribution in [2.24, 2.45) is 0 Å². The summed E-state index contributed by atoms with van der Waals surface area (Å²) in [4.78, 5) is 0. The van der Waals surface area contributed by atoms with Gasteiger partial charge in [-0.3, -0.25) is 0 Å². The van der Waals surface area contributed by atoms with E-state index in [9.17, 15) is 0 Å². The molecular weight excluding hydrogens is 759 g/mol. The predicted octanol–water partition coefficient (Wildman–Crippen LogP) is 12.2. The molecule has 61 heavy (non-hydrogen) atoms. The molecule has 12 rings (SSSR count). The first-order valence-electron chi connectivity index (χ1n) is 21.1. The maximum absolute atomic E-state index is 6.82. The van der Waals surface area contributed by atoms with Gasteiger partial charge in [0, 0.05) is 54.9 Å². The van der Waals surface area contributed by atoms with Gasteiger partial charge in [0.2, 0.25) is 0 Å². The smallest absolute Gasteiger partial charge is 0.179 e. The van der Waals surface area contributed by atoms with E-state index in [1.54, 1.807) is 0 Å². The van der Waals surface area contributed by atoms with Gasteiger partial charge in [-0.25, -0.2) is 0 Å². The molecule has 0 spiro atoms. The molecular formula is C57H41NO2Si. The lowest BCUT2D eigenvalue weighted by Gasteiger charge is -2.35. The SMILES string of the molecule is CC1(C)c2ccccc2Oc2c(-c3cccc4c3oc3ccc(-n5c6ccccc6c6cc([Si](c7ccccc7)(c7ccccc7)c7ccccc7)ccc65)cc34)cccc21. The second-order valence-electron chi connectivity index (χ2n) is 16.8. The Balaban J connectivity index is 1.05. The zero-order valence-electron chi connectivity index (χ0n) is 34.0. The molecule has 0 amide bonds. The van der Waals surface area contributed by atoms with E-state index >= 15 is 0 Å². The fourth-order valence-corrected chi connectivity index (χ4v) is 15.1. The third-order valence-electron chi connectivity index (χ3n) is 13.2. The normalized spacial score (nSPS) is 13.3. The van der Waals surface area contributed by atoms with Crippen molar-refractivity contribution in [2.75, 3.05) is 0 Å². The van der Waals surface area contributed by atoms with Gasteiger partial charge in [0.25, 0.3) is 0 Å². The molecule has 1 aliphatic heterocycles. The Labute approximate surface area is 355 Å². The van der Waals surface area contributed by atoms with Crippen LogP contribution in [0.4, 0.5) is 0 Å². The van der Waals surface area contributed by atoms with Crippen LogP contribution < -0.4 is 25.5 Å². The summed E-state index contributed by atoms with van der Waals surface area (Å²) in [5.74, 6) is 1.80. The van der Waals surface area contributed by atoms with Gasteiger partial charge >= 0.3 is 0 Å². The zero-order valence-corrected chi connectivity index (χ0v) is 35.0. The minimum Gasteiger partial charge on any atom is -0.456 e. The summed E-state index contributed by atoms with van der Waals surface area (Å²) in [5.41, 5.74) is 9.36. The molecule has 3 nitrogen and oxygen atoms in total. The molecule has 0 N–H and O–H groups in total. The maximum atomic E-state index is 6.82. The van der Waals surface area contributed by atoms with Crippen LogP contribution in [0.3, 0.4) is 0 Å². The van der Waals surface area contributed by atoms with Gasteiger partial charge in [0.1, 0.15) is 22.7 Å². The van der Waals surface area contributed by atoms with Crippen molar-refractivity contribution in [3.05, 3.63) is 223 Å². The zero-order chi connectivity index (χ0) is 40.7. The van der Waals surface area contributed by atoms with Gasteiger partial charge in [-0.2, -0.15) is 0 Å². The molecule has 1 aliphatic rings. The molecule has 3 heterocycles. The molecule has 11 aromatic rings. The van der Waals surface area contributed by atoms with Gasteiger partial charge in [0.05, 0.1) is 11.0 Å². The molecule has 9 aromatic carbocycles. The Bertz CT molecular complexity index is 3380. The molecule has 2 aromatic heterocycles. The molecule has 0 saturated heterocycles. The Hall–Kier alpha value is -7.40. The van der Waals surface area contributed by atoms with Crippen LogP contribution in [-0.2, 0) is 5.41 Å². The van der Waals surface area contributed by atoms with Crippen molar-refractivity contribution in [1.82, 2.24) is 4.57 Å². The highest BCUT2D eigenvalue weighted by atomic mass is 28.3. The Kier molecular flexibility index (Phi) is 7.90. The van der Waals surface area contributed by atoms with Crippen LogP contribution in [-0.4, -0.2) is 12.6 Å². The number of rotatable bonds is 6. The van der Waals surface area contributed by atoms with Crippen molar-refractivity contribution < 1.29 is 9.15 Å². The van der Waals surface area contributed by atoms with E-state index in [1.807, 2.05) is 6.07 Å². The second kappa shape index (κ2) is 13.6. The average molecular weight is 800 g/mol. The lowest BCUT2D eigenvalue weighted by Crippen LogP contribution is -2.74. The number of nitrogens with zero attached hydrogens (tertiary/aromatic N) is 1. The molecule has 0 atom stereocenters. The maximum Gasteiger partial charge on any atom is 0.179 e. The lowest BCUT2D eigenvalue weighted by molar-refractivity contribution is 0.419. The van der Waals surface area contributed by atoms with Crippen LogP contribution in [0, 0.1) is 0 Å². The summed E-state index contributed by atoms with van der Waals surface area (Å²) >= 11 is 0. The van der Waals surface area contributed by atoms with Gasteiger partial charge in [-0.05, 0) is 57.1 Å². The van der Waals surface area contributed by atoms with Crippen LogP contribution >= 0.6 is 0 Å². The van der Waals surface area contributed by atoms with E-state index < -0.39 is 8.07 Å². The largest absolute Gasteiger partial charge is 0.456 e. The van der Waals surface area contributed by atoms with Gasteiger partial charge in [-0.15, -0.1) is 0 Å². The molecule has 290 valence electrons. The lowest BCUT2D eigenvalue weighted by atomic mass is 9.75. The summed E-state index contributed by atoms with van der Waals surface area (Å²) in [6, 6.07) is 77.6. The standard InChI is InChI=1S/C57H41NO2Si/c1-57(2)49-28-13-15-31-54(49)60-56-45(27-17-29-50(56)57)44-25-16-26-46-48-36-38(32-35-53(48)59-55(44)46)58-51-30-14-12-24-43(51)47-37-42(33-34-52(47)58)61(39-18-6-3-7-19-39,40-20-8-4-9-21-40)41-22-10-5-11-23-41/h3-37H,1-2H3. The van der Waals surface area contributed by atoms with Crippen LogP contribution in [0.15, 0.2) is 217 Å². The predicted molar refractivity (Wildman–Crippen MR) is 256 cm³/mol. The fraction of sp³-hybridized carbons (Fsp3) is 0.0526. The van der Waals surface area contributed by atoms with Crippen LogP contribution in [0.25, 0.3) is 60.6 Å². The monoisotopic (exact) mass is 799 g/mol. The Morgan fingerprint density at radius 3 is 1.75 bits per heavy atom. The highest BCUT2D eigenvalue weighted by molar-refractivity contribution is 7.20. The van der Waals surface area contributed by atoms with Crippen LogP contribution in [0.1, 0.15) is 25.0 Å². The first-order chi connectivity index (χ1) is 30.0. The van der Waals surface area contributed by atoms with Crippen molar-refractivity contribution in [3.63, 3.8) is 0 Å². The van der Waals surface area contributed by atoms with E-state index in [-0.39, 0.29) is 5.41 Å². The first-order valence-corrected chi connectivity index (χ1v) is 23.1. The Morgan fingerprint density at radius 2 is 1.02 bits per heavy atom. The van der Waals surface area contributed by atoms with E-state index in [1.165, 1.54) is 53.7 Å².